The van der Waals surface area contributed by atoms with Crippen molar-refractivity contribution in [3.05, 3.63) is 24.3 Å². The van der Waals surface area contributed by atoms with E-state index in [2.05, 4.69) is 14.9 Å². The largest absolute Gasteiger partial charge is 0.342 e. The molecule has 188 valence electrons. The van der Waals surface area contributed by atoms with Crippen LogP contribution < -0.4 is 10.0 Å². The second kappa shape index (κ2) is 12.3. The number of anilines is 1. The quantitative estimate of drug-likeness (QED) is 0.555. The molecule has 34 heavy (non-hydrogen) atoms. The first kappa shape index (κ1) is 26.1. The van der Waals surface area contributed by atoms with Crippen molar-refractivity contribution in [3.63, 3.8) is 0 Å². The van der Waals surface area contributed by atoms with Crippen LogP contribution in [0, 0.1) is 0 Å². The molecule has 10 nitrogen and oxygen atoms in total. The summed E-state index contributed by atoms with van der Waals surface area (Å²) in [4.78, 5) is 42.0. The minimum Gasteiger partial charge on any atom is -0.342 e. The molecule has 2 aliphatic heterocycles. The van der Waals surface area contributed by atoms with Crippen molar-refractivity contribution in [1.82, 2.24) is 19.4 Å². The maximum atomic E-state index is 12.6. The highest BCUT2D eigenvalue weighted by Gasteiger charge is 2.25. The fraction of sp³-hybridized carbons (Fsp3) is 0.609. The van der Waals surface area contributed by atoms with Gasteiger partial charge in [0.15, 0.2) is 0 Å². The summed E-state index contributed by atoms with van der Waals surface area (Å²) in [6.45, 7) is 5.78. The summed E-state index contributed by atoms with van der Waals surface area (Å²) in [6, 6.07) is 5.83. The number of likely N-dealkylation sites (tertiary alicyclic amines) is 1. The van der Waals surface area contributed by atoms with Crippen molar-refractivity contribution in [3.8, 4) is 0 Å². The number of nitrogens with one attached hydrogen (secondary N) is 2. The third kappa shape index (κ3) is 7.78. The lowest BCUT2D eigenvalue weighted by molar-refractivity contribution is -0.135. The molecule has 1 aromatic carbocycles. The summed E-state index contributed by atoms with van der Waals surface area (Å²) in [6.07, 6.45) is 4.58. The highest BCUT2D eigenvalue weighted by Crippen LogP contribution is 2.14. The zero-order valence-electron chi connectivity index (χ0n) is 19.8. The van der Waals surface area contributed by atoms with Crippen LogP contribution in [0.2, 0.25) is 0 Å². The van der Waals surface area contributed by atoms with Crippen LogP contribution in [0.1, 0.15) is 39.0 Å². The molecule has 1 aromatic rings. The maximum Gasteiger partial charge on any atom is 0.240 e. The Morgan fingerprint density at radius 2 is 1.41 bits per heavy atom. The molecule has 2 fully saturated rings. The third-order valence-corrected chi connectivity index (χ3v) is 7.64. The van der Waals surface area contributed by atoms with Gasteiger partial charge in [0.2, 0.25) is 27.7 Å². The Morgan fingerprint density at radius 1 is 0.824 bits per heavy atom. The average Bonchev–Trinajstić information content (AvgIpc) is 3.09. The number of carbonyl (C=O) groups excluding carboxylic acids is 3. The van der Waals surface area contributed by atoms with Gasteiger partial charge < -0.3 is 15.1 Å². The van der Waals surface area contributed by atoms with Crippen LogP contribution in [0.15, 0.2) is 29.2 Å². The third-order valence-electron chi connectivity index (χ3n) is 6.16. The monoisotopic (exact) mass is 493 g/mol. The molecule has 0 unspecified atom stereocenters. The van der Waals surface area contributed by atoms with Gasteiger partial charge in [-0.15, -0.1) is 0 Å². The van der Waals surface area contributed by atoms with Crippen LogP contribution in [0.5, 0.6) is 0 Å². The molecule has 3 amide bonds. The molecular weight excluding hydrogens is 458 g/mol. The molecule has 0 aromatic heterocycles. The standard InChI is InChI=1S/C23H35N5O5S/c1-19(29)25-20-6-8-21(9-7-20)34(32,33)24-11-10-22(30)28-16-14-26(15-17-28)18-23(31)27-12-4-2-3-5-13-27/h6-9,24H,2-5,10-18H2,1H3,(H,25,29). The fourth-order valence-electron chi connectivity index (χ4n) is 4.22. The van der Waals surface area contributed by atoms with Crippen LogP contribution in [0.4, 0.5) is 5.69 Å². The van der Waals surface area contributed by atoms with E-state index in [1.165, 1.54) is 44.0 Å². The number of benzene rings is 1. The number of piperazine rings is 1. The van der Waals surface area contributed by atoms with Crippen molar-refractivity contribution in [2.24, 2.45) is 0 Å². The lowest BCUT2D eigenvalue weighted by atomic mass is 10.2. The Bertz CT molecular complexity index is 950. The topological polar surface area (TPSA) is 119 Å². The predicted octanol–water partition coefficient (Wildman–Crippen LogP) is 0.860. The Hall–Kier alpha value is -2.50. The van der Waals surface area contributed by atoms with Gasteiger partial charge in [0.05, 0.1) is 11.4 Å². The highest BCUT2D eigenvalue weighted by molar-refractivity contribution is 7.89. The molecule has 2 heterocycles. The van der Waals surface area contributed by atoms with Crippen LogP contribution >= 0.6 is 0 Å². The van der Waals surface area contributed by atoms with E-state index in [0.717, 1.165) is 25.9 Å². The summed E-state index contributed by atoms with van der Waals surface area (Å²) in [5.41, 5.74) is 0.508. The van der Waals surface area contributed by atoms with Crippen molar-refractivity contribution in [1.29, 1.82) is 0 Å². The summed E-state index contributed by atoms with van der Waals surface area (Å²) >= 11 is 0. The lowest BCUT2D eigenvalue weighted by Gasteiger charge is -2.35. The summed E-state index contributed by atoms with van der Waals surface area (Å²) in [7, 11) is -3.75. The molecule has 2 aliphatic rings. The molecular formula is C23H35N5O5S. The van der Waals surface area contributed by atoms with Crippen LogP contribution in [-0.4, -0.2) is 93.2 Å². The highest BCUT2D eigenvalue weighted by atomic mass is 32.2. The second-order valence-electron chi connectivity index (χ2n) is 8.81. The van der Waals surface area contributed by atoms with Crippen LogP contribution in [-0.2, 0) is 24.4 Å². The molecule has 0 spiro atoms. The first-order valence-electron chi connectivity index (χ1n) is 11.9. The van der Waals surface area contributed by atoms with E-state index in [-0.39, 0.29) is 35.6 Å². The second-order valence-corrected chi connectivity index (χ2v) is 10.6. The van der Waals surface area contributed by atoms with Gasteiger partial charge in [-0.2, -0.15) is 0 Å². The Labute approximate surface area is 201 Å². The van der Waals surface area contributed by atoms with E-state index >= 15 is 0 Å². The SMILES string of the molecule is CC(=O)Nc1ccc(S(=O)(=O)NCCC(=O)N2CCN(CC(=O)N3CCCCCC3)CC2)cc1. The fourth-order valence-corrected chi connectivity index (χ4v) is 5.25. The lowest BCUT2D eigenvalue weighted by Crippen LogP contribution is -2.52. The van der Waals surface area contributed by atoms with Crippen LogP contribution in [0.3, 0.4) is 0 Å². The van der Waals surface area contributed by atoms with Gasteiger partial charge in [-0.25, -0.2) is 13.1 Å². The summed E-state index contributed by atoms with van der Waals surface area (Å²) < 4.78 is 27.4. The van der Waals surface area contributed by atoms with Gasteiger partial charge in [0.1, 0.15) is 0 Å². The minimum absolute atomic E-state index is 0.00226. The zero-order chi connectivity index (χ0) is 24.6. The molecule has 0 bridgehead atoms. The first-order chi connectivity index (χ1) is 16.2. The van der Waals surface area contributed by atoms with E-state index in [0.29, 0.717) is 38.4 Å². The van der Waals surface area contributed by atoms with E-state index in [1.807, 2.05) is 4.90 Å². The number of sulfonamides is 1. The molecule has 11 heteroatoms. The summed E-state index contributed by atoms with van der Waals surface area (Å²) in [5.74, 6) is -0.180. The summed E-state index contributed by atoms with van der Waals surface area (Å²) in [5, 5.41) is 2.58. The number of amides is 3. The average molecular weight is 494 g/mol. The van der Waals surface area contributed by atoms with Gasteiger partial charge >= 0.3 is 0 Å². The van der Waals surface area contributed by atoms with Gasteiger partial charge in [0.25, 0.3) is 0 Å². The van der Waals surface area contributed by atoms with Crippen molar-refractivity contribution >= 4 is 33.4 Å². The molecule has 0 aliphatic carbocycles. The Morgan fingerprint density at radius 3 is 2.00 bits per heavy atom. The van der Waals surface area contributed by atoms with E-state index in [1.54, 1.807) is 4.90 Å². The van der Waals surface area contributed by atoms with E-state index < -0.39 is 10.0 Å². The van der Waals surface area contributed by atoms with Gasteiger partial charge in [0, 0.05) is 64.8 Å². The Kier molecular flexibility index (Phi) is 9.43. The predicted molar refractivity (Wildman–Crippen MR) is 129 cm³/mol. The zero-order valence-corrected chi connectivity index (χ0v) is 20.6. The number of nitrogens with zero attached hydrogens (tertiary/aromatic N) is 3. The number of hydrogen-bond acceptors (Lipinski definition) is 6. The molecule has 2 saturated heterocycles. The van der Waals surface area contributed by atoms with Crippen molar-refractivity contribution in [2.45, 2.75) is 43.9 Å². The maximum absolute atomic E-state index is 12.6. The van der Waals surface area contributed by atoms with Gasteiger partial charge in [-0.1, -0.05) is 12.8 Å². The molecule has 0 radical (unpaired) electrons. The number of rotatable bonds is 8. The van der Waals surface area contributed by atoms with Gasteiger partial charge in [-0.3, -0.25) is 19.3 Å². The Balaban J connectivity index is 1.38. The molecule has 3 rings (SSSR count). The van der Waals surface area contributed by atoms with Crippen LogP contribution in [0.25, 0.3) is 0 Å². The number of carbonyl (C=O) groups is 3. The van der Waals surface area contributed by atoms with Gasteiger partial charge in [-0.05, 0) is 37.1 Å². The molecule has 0 saturated carbocycles. The normalized spacial score (nSPS) is 17.8. The first-order valence-corrected chi connectivity index (χ1v) is 13.4. The molecule has 2 N–H and O–H groups in total. The van der Waals surface area contributed by atoms with Crippen molar-refractivity contribution < 1.29 is 22.8 Å². The smallest absolute Gasteiger partial charge is 0.240 e. The van der Waals surface area contributed by atoms with Crippen molar-refractivity contribution in [2.75, 3.05) is 57.7 Å². The minimum atomic E-state index is -3.75. The van der Waals surface area contributed by atoms with E-state index in [4.69, 9.17) is 0 Å². The molecule has 0 atom stereocenters. The van der Waals surface area contributed by atoms with E-state index in [9.17, 15) is 22.8 Å². The number of hydrogen-bond donors (Lipinski definition) is 2.